The lowest BCUT2D eigenvalue weighted by Gasteiger charge is -2.20. The number of sulfonamides is 1. The van der Waals surface area contributed by atoms with Crippen molar-refractivity contribution in [1.29, 1.82) is 0 Å². The molecule has 2 N–H and O–H groups in total. The van der Waals surface area contributed by atoms with Crippen LogP contribution in [-0.2, 0) is 21.4 Å². The van der Waals surface area contributed by atoms with Gasteiger partial charge in [0.1, 0.15) is 4.66 Å². The molecular weight excluding hydrogens is 320 g/mol. The minimum absolute atomic E-state index is 0.0130. The molecule has 0 saturated heterocycles. The van der Waals surface area contributed by atoms with Crippen molar-refractivity contribution in [2.24, 2.45) is 5.73 Å². The molecule has 1 rings (SSSR count). The minimum atomic E-state index is -3.41. The van der Waals surface area contributed by atoms with Crippen LogP contribution in [0.3, 0.4) is 0 Å². The average Bonchev–Trinajstić information content (AvgIpc) is 2.35. The molecule has 0 aliphatic rings. The molecule has 0 aliphatic heterocycles. The molecular formula is C11H15BrN2O3S. The maximum absolute atomic E-state index is 11.8. The Hall–Kier alpha value is -0.920. The largest absolute Gasteiger partial charge is 0.370 e. The Bertz CT molecular complexity index is 490. The van der Waals surface area contributed by atoms with E-state index in [9.17, 15) is 13.2 Å². The van der Waals surface area contributed by atoms with E-state index in [1.807, 2.05) is 30.3 Å². The third-order valence-corrected chi connectivity index (χ3v) is 5.45. The van der Waals surface area contributed by atoms with Crippen LogP contribution < -0.4 is 5.73 Å². The molecule has 0 heterocycles. The monoisotopic (exact) mass is 334 g/mol. The second-order valence-corrected chi connectivity index (χ2v) is 7.03. The Morgan fingerprint density at radius 2 is 1.89 bits per heavy atom. The van der Waals surface area contributed by atoms with Gasteiger partial charge in [-0.2, -0.15) is 4.31 Å². The summed E-state index contributed by atoms with van der Waals surface area (Å²) in [4.78, 5) is 10.8. The molecule has 100 valence electrons. The van der Waals surface area contributed by atoms with Crippen molar-refractivity contribution in [3.8, 4) is 0 Å². The number of halogens is 1. The number of nitrogens with two attached hydrogens (primary N) is 1. The first-order valence-corrected chi connectivity index (χ1v) is 8.05. The van der Waals surface area contributed by atoms with Gasteiger partial charge in [0.15, 0.2) is 0 Å². The number of hydrogen-bond donors (Lipinski definition) is 1. The summed E-state index contributed by atoms with van der Waals surface area (Å²) in [6.45, 7) is 0.334. The van der Waals surface area contributed by atoms with Crippen LogP contribution in [0.4, 0.5) is 0 Å². The van der Waals surface area contributed by atoms with Gasteiger partial charge < -0.3 is 5.73 Å². The number of carbonyl (C=O) groups excluding carboxylic acids is 1. The van der Waals surface area contributed by atoms with E-state index in [-0.39, 0.29) is 24.2 Å². The van der Waals surface area contributed by atoms with Crippen molar-refractivity contribution >= 4 is 31.9 Å². The van der Waals surface area contributed by atoms with Crippen LogP contribution in [-0.4, -0.2) is 29.8 Å². The van der Waals surface area contributed by atoms with Crippen LogP contribution in [0.15, 0.2) is 30.3 Å². The normalized spacial score (nSPS) is 11.7. The van der Waals surface area contributed by atoms with Gasteiger partial charge in [-0.05, 0) is 5.56 Å². The summed E-state index contributed by atoms with van der Waals surface area (Å²) < 4.78 is 24.8. The molecule has 0 spiro atoms. The van der Waals surface area contributed by atoms with E-state index in [1.54, 1.807) is 0 Å². The number of nitrogens with zero attached hydrogens (tertiary/aromatic N) is 1. The zero-order chi connectivity index (χ0) is 13.6. The molecule has 0 aromatic heterocycles. The van der Waals surface area contributed by atoms with Gasteiger partial charge in [-0.1, -0.05) is 46.3 Å². The van der Waals surface area contributed by atoms with Gasteiger partial charge in [0, 0.05) is 19.5 Å². The smallest absolute Gasteiger partial charge is 0.224 e. The van der Waals surface area contributed by atoms with Crippen LogP contribution in [0.1, 0.15) is 12.0 Å². The van der Waals surface area contributed by atoms with Crippen molar-refractivity contribution in [2.75, 3.05) is 11.2 Å². The molecule has 1 amide bonds. The Morgan fingerprint density at radius 3 is 2.39 bits per heavy atom. The van der Waals surface area contributed by atoms with Gasteiger partial charge in [-0.3, -0.25) is 4.79 Å². The lowest BCUT2D eigenvalue weighted by Crippen LogP contribution is -2.34. The molecule has 1 aromatic rings. The van der Waals surface area contributed by atoms with Crippen LogP contribution in [0.25, 0.3) is 0 Å². The van der Waals surface area contributed by atoms with Gasteiger partial charge in [-0.25, -0.2) is 8.42 Å². The van der Waals surface area contributed by atoms with Crippen LogP contribution in [0, 0.1) is 0 Å². The van der Waals surface area contributed by atoms with Gasteiger partial charge >= 0.3 is 0 Å². The lowest BCUT2D eigenvalue weighted by molar-refractivity contribution is -0.118. The highest BCUT2D eigenvalue weighted by molar-refractivity contribution is 9.10. The molecule has 5 nitrogen and oxygen atoms in total. The fourth-order valence-electron chi connectivity index (χ4n) is 1.41. The summed E-state index contributed by atoms with van der Waals surface area (Å²) in [6, 6.07) is 9.20. The Kier molecular flexibility index (Phi) is 5.77. The Balaban J connectivity index is 2.81. The number of amides is 1. The van der Waals surface area contributed by atoms with Gasteiger partial charge in [0.05, 0.1) is 0 Å². The van der Waals surface area contributed by atoms with E-state index in [2.05, 4.69) is 15.9 Å². The molecule has 0 atom stereocenters. The van der Waals surface area contributed by atoms with Gasteiger partial charge in [0.25, 0.3) is 0 Å². The Morgan fingerprint density at radius 1 is 1.28 bits per heavy atom. The van der Waals surface area contributed by atoms with E-state index >= 15 is 0 Å². The summed E-state index contributed by atoms with van der Waals surface area (Å²) in [7, 11) is -3.41. The van der Waals surface area contributed by atoms with Crippen molar-refractivity contribution in [3.63, 3.8) is 0 Å². The van der Waals surface area contributed by atoms with E-state index in [0.717, 1.165) is 5.56 Å². The third kappa shape index (κ3) is 4.75. The van der Waals surface area contributed by atoms with E-state index in [0.29, 0.717) is 0 Å². The number of alkyl halides is 1. The lowest BCUT2D eigenvalue weighted by atomic mass is 10.2. The first-order valence-electron chi connectivity index (χ1n) is 5.31. The van der Waals surface area contributed by atoms with E-state index in [1.165, 1.54) is 4.31 Å². The van der Waals surface area contributed by atoms with Crippen molar-refractivity contribution in [3.05, 3.63) is 35.9 Å². The van der Waals surface area contributed by atoms with Gasteiger partial charge in [-0.15, -0.1) is 0 Å². The highest BCUT2D eigenvalue weighted by Gasteiger charge is 2.21. The molecule has 18 heavy (non-hydrogen) atoms. The number of primary amides is 1. The van der Waals surface area contributed by atoms with Crippen LogP contribution in [0.2, 0.25) is 0 Å². The maximum atomic E-state index is 11.8. The van der Waals surface area contributed by atoms with E-state index < -0.39 is 15.9 Å². The molecule has 0 aliphatic carbocycles. The summed E-state index contributed by atoms with van der Waals surface area (Å²) >= 11 is 2.95. The number of hydrogen-bond acceptors (Lipinski definition) is 3. The van der Waals surface area contributed by atoms with Crippen LogP contribution >= 0.6 is 15.9 Å². The predicted octanol–water partition coefficient (Wildman–Crippen LogP) is 1.05. The average molecular weight is 335 g/mol. The highest BCUT2D eigenvalue weighted by Crippen LogP contribution is 2.12. The summed E-state index contributed by atoms with van der Waals surface area (Å²) in [5, 5.41) is 0. The third-order valence-electron chi connectivity index (χ3n) is 2.34. The number of benzene rings is 1. The molecule has 0 unspecified atom stereocenters. The van der Waals surface area contributed by atoms with Gasteiger partial charge in [0.2, 0.25) is 15.9 Å². The number of rotatable bonds is 7. The van der Waals surface area contributed by atoms with Crippen molar-refractivity contribution in [2.45, 2.75) is 13.0 Å². The fraction of sp³-hybridized carbons (Fsp3) is 0.364. The SMILES string of the molecule is NC(=O)CCN(Cc1ccccc1)S(=O)(=O)CBr. The zero-order valence-electron chi connectivity index (χ0n) is 9.75. The molecule has 7 heteroatoms. The minimum Gasteiger partial charge on any atom is -0.370 e. The first kappa shape index (κ1) is 15.1. The van der Waals surface area contributed by atoms with E-state index in [4.69, 9.17) is 5.73 Å². The molecule has 0 fully saturated rings. The van der Waals surface area contributed by atoms with Crippen molar-refractivity contribution < 1.29 is 13.2 Å². The fourth-order valence-corrected chi connectivity index (χ4v) is 3.13. The predicted molar refractivity (Wildman–Crippen MR) is 73.4 cm³/mol. The van der Waals surface area contributed by atoms with Crippen molar-refractivity contribution in [1.82, 2.24) is 4.31 Å². The second kappa shape index (κ2) is 6.86. The molecule has 0 saturated carbocycles. The highest BCUT2D eigenvalue weighted by atomic mass is 79.9. The van der Waals surface area contributed by atoms with Crippen LogP contribution in [0.5, 0.6) is 0 Å². The molecule has 1 aromatic carbocycles. The first-order chi connectivity index (χ1) is 8.45. The maximum Gasteiger partial charge on any atom is 0.224 e. The second-order valence-electron chi connectivity index (χ2n) is 3.76. The molecule has 0 bridgehead atoms. The zero-order valence-corrected chi connectivity index (χ0v) is 12.2. The standard InChI is InChI=1S/C11H15BrN2O3S/c12-9-18(16,17)14(7-6-11(13)15)8-10-4-2-1-3-5-10/h1-5H,6-9H2,(H2,13,15). The molecule has 0 radical (unpaired) electrons. The quantitative estimate of drug-likeness (QED) is 0.756. The Labute approximate surface area is 115 Å². The summed E-state index contributed by atoms with van der Waals surface area (Å²) in [5.74, 6) is -0.516. The summed E-state index contributed by atoms with van der Waals surface area (Å²) in [6.07, 6.45) is 0.0130. The topological polar surface area (TPSA) is 80.5 Å². The number of carbonyl (C=O) groups is 1. The summed E-state index contributed by atoms with van der Waals surface area (Å²) in [5.41, 5.74) is 5.91.